The number of furan rings is 2. The van der Waals surface area contributed by atoms with Crippen LogP contribution in [0.15, 0.2) is 179 Å². The maximum absolute atomic E-state index is 12.2. The average Bonchev–Trinajstić information content (AvgIpc) is 3.96. The second-order valence-electron chi connectivity index (χ2n) is 20.5. The fourth-order valence-corrected chi connectivity index (χ4v) is 11.8. The van der Waals surface area contributed by atoms with Crippen LogP contribution < -0.4 is 19.3 Å². The van der Waals surface area contributed by atoms with Crippen LogP contribution >= 0.6 is 0 Å². The van der Waals surface area contributed by atoms with Gasteiger partial charge in [0.2, 0.25) is 0 Å². The Bertz CT molecular complexity index is 3940. The Morgan fingerprint density at radius 3 is 1.19 bits per heavy atom. The van der Waals surface area contributed by atoms with Crippen LogP contribution in [0.5, 0.6) is 23.0 Å². The minimum atomic E-state index is -0.484. The number of anilines is 6. The number of ether oxygens (including phenoxy) is 2. The molecule has 3 aliphatic rings. The van der Waals surface area contributed by atoms with Crippen molar-refractivity contribution in [3.05, 3.63) is 192 Å². The van der Waals surface area contributed by atoms with Crippen molar-refractivity contribution in [2.75, 3.05) is 9.80 Å². The van der Waals surface area contributed by atoms with E-state index in [2.05, 4.69) is 135 Å². The van der Waals surface area contributed by atoms with Crippen molar-refractivity contribution >= 4 is 78.0 Å². The Kier molecular flexibility index (Phi) is 8.76. The summed E-state index contributed by atoms with van der Waals surface area (Å²) < 4.78 is 27.1. The van der Waals surface area contributed by atoms with Gasteiger partial charge in [0.15, 0.2) is 23.0 Å². The van der Waals surface area contributed by atoms with Crippen LogP contribution in [0, 0.1) is 22.7 Å². The lowest BCUT2D eigenvalue weighted by molar-refractivity contribution is 0.331. The van der Waals surface area contributed by atoms with Crippen LogP contribution in [-0.2, 0) is 10.8 Å². The van der Waals surface area contributed by atoms with Gasteiger partial charge in [-0.15, -0.1) is 0 Å². The third kappa shape index (κ3) is 6.03. The molecule has 0 saturated carbocycles. The third-order valence-electron chi connectivity index (χ3n) is 15.3. The third-order valence-corrected chi connectivity index (χ3v) is 15.3. The zero-order chi connectivity index (χ0) is 48.6. The topological polar surface area (TPSA) is 98.8 Å². The van der Waals surface area contributed by atoms with Gasteiger partial charge in [0.25, 0.3) is 0 Å². The number of hydrogen-bond donors (Lipinski definition) is 0. The second-order valence-corrected chi connectivity index (χ2v) is 20.5. The minimum absolute atomic E-state index is 0.484. The fourth-order valence-electron chi connectivity index (χ4n) is 11.8. The van der Waals surface area contributed by atoms with Gasteiger partial charge >= 0.3 is 0 Å². The van der Waals surface area contributed by atoms with Gasteiger partial charge in [-0.25, -0.2) is 0 Å². The molecule has 0 atom stereocenters. The van der Waals surface area contributed by atoms with Gasteiger partial charge in [-0.05, 0) is 106 Å². The van der Waals surface area contributed by atoms with E-state index in [0.29, 0.717) is 79.4 Å². The van der Waals surface area contributed by atoms with Gasteiger partial charge in [0, 0.05) is 33.7 Å². The van der Waals surface area contributed by atoms with E-state index in [0.717, 1.165) is 78.9 Å². The molecule has 11 aromatic rings. The molecule has 0 bridgehead atoms. The predicted molar refractivity (Wildman–Crippen MR) is 286 cm³/mol. The Hall–Kier alpha value is -9.24. The molecule has 72 heavy (non-hydrogen) atoms. The van der Waals surface area contributed by atoms with Crippen LogP contribution in [0.1, 0.15) is 62.8 Å². The van der Waals surface area contributed by atoms with Crippen molar-refractivity contribution in [2.24, 2.45) is 0 Å². The summed E-state index contributed by atoms with van der Waals surface area (Å²) in [4.78, 5) is 4.35. The van der Waals surface area contributed by atoms with Crippen molar-refractivity contribution in [1.82, 2.24) is 0 Å². The molecule has 2 aromatic heterocycles. The van der Waals surface area contributed by atoms with Crippen molar-refractivity contribution in [2.45, 2.75) is 51.4 Å². The molecule has 0 amide bonds. The lowest BCUT2D eigenvalue weighted by Crippen LogP contribution is -2.37. The van der Waals surface area contributed by atoms with E-state index < -0.39 is 10.8 Å². The van der Waals surface area contributed by atoms with Crippen molar-refractivity contribution in [3.63, 3.8) is 0 Å². The summed E-state index contributed by atoms with van der Waals surface area (Å²) in [7, 11) is 0. The van der Waals surface area contributed by atoms with E-state index in [1.165, 1.54) is 0 Å². The first-order chi connectivity index (χ1) is 35.1. The van der Waals surface area contributed by atoms with Gasteiger partial charge in [-0.3, -0.25) is 0 Å². The second kappa shape index (κ2) is 15.1. The quantitative estimate of drug-likeness (QED) is 0.172. The van der Waals surface area contributed by atoms with E-state index in [1.54, 1.807) is 0 Å². The predicted octanol–water partition coefficient (Wildman–Crippen LogP) is 18.1. The molecule has 14 rings (SSSR count). The Morgan fingerprint density at radius 2 is 0.778 bits per heavy atom. The molecule has 0 unspecified atom stereocenters. The highest BCUT2D eigenvalue weighted by Crippen LogP contribution is 2.64. The van der Waals surface area contributed by atoms with Crippen molar-refractivity contribution in [1.29, 1.82) is 10.5 Å². The maximum Gasteiger partial charge on any atom is 0.155 e. The molecule has 0 spiro atoms. The maximum atomic E-state index is 12.2. The number of rotatable bonds is 4. The number of para-hydroxylation sites is 2. The first-order valence-corrected chi connectivity index (χ1v) is 24.4. The van der Waals surface area contributed by atoms with Gasteiger partial charge in [0.1, 0.15) is 34.5 Å². The first kappa shape index (κ1) is 41.7. The Morgan fingerprint density at radius 1 is 0.389 bits per heavy atom. The first-order valence-electron chi connectivity index (χ1n) is 24.4. The fraction of sp³-hybridized carbons (Fsp3) is 0.125. The van der Waals surface area contributed by atoms with Gasteiger partial charge < -0.3 is 28.1 Å². The van der Waals surface area contributed by atoms with Crippen molar-refractivity contribution in [3.8, 4) is 57.4 Å². The van der Waals surface area contributed by atoms with E-state index >= 15 is 0 Å². The smallest absolute Gasteiger partial charge is 0.155 e. The van der Waals surface area contributed by atoms with E-state index in [-0.39, 0.29) is 0 Å². The average molecular weight is 933 g/mol. The normalized spacial score (nSPS) is 14.9. The van der Waals surface area contributed by atoms with Crippen LogP contribution in [0.3, 0.4) is 0 Å². The molecule has 9 aromatic carbocycles. The summed E-state index contributed by atoms with van der Waals surface area (Å²) in [5.74, 6) is 2.28. The summed E-state index contributed by atoms with van der Waals surface area (Å²) in [5.41, 5.74) is 12.6. The molecular weight excluding hydrogens is 889 g/mol. The molecule has 1 aliphatic carbocycles. The molecule has 0 N–H and O–H groups in total. The van der Waals surface area contributed by atoms with Crippen LogP contribution in [0.25, 0.3) is 66.1 Å². The number of hydrogen-bond acceptors (Lipinski definition) is 8. The van der Waals surface area contributed by atoms with E-state index in [4.69, 9.17) is 18.3 Å². The molecule has 0 saturated heterocycles. The highest BCUT2D eigenvalue weighted by molar-refractivity contribution is 6.12. The van der Waals surface area contributed by atoms with Crippen LogP contribution in [-0.4, -0.2) is 0 Å². The van der Waals surface area contributed by atoms with Crippen LogP contribution in [0.2, 0.25) is 0 Å². The molecule has 344 valence electrons. The molecule has 0 fully saturated rings. The molecule has 0 radical (unpaired) electrons. The molecule has 2 aliphatic heterocycles. The zero-order valence-electron chi connectivity index (χ0n) is 40.0. The highest BCUT2D eigenvalue weighted by atomic mass is 16.5. The van der Waals surface area contributed by atoms with Gasteiger partial charge in [-0.2, -0.15) is 10.5 Å². The monoisotopic (exact) mass is 932 g/mol. The number of nitriles is 2. The largest absolute Gasteiger partial charge is 0.456 e. The van der Waals surface area contributed by atoms with Crippen molar-refractivity contribution < 1.29 is 18.3 Å². The number of nitrogens with zero attached hydrogens (tertiary/aromatic N) is 4. The molecule has 8 nitrogen and oxygen atoms in total. The van der Waals surface area contributed by atoms with E-state index in [1.807, 2.05) is 84.9 Å². The minimum Gasteiger partial charge on any atom is -0.456 e. The van der Waals surface area contributed by atoms with Crippen LogP contribution in [0.4, 0.5) is 34.1 Å². The molecular formula is C64H44N4O4. The lowest BCUT2D eigenvalue weighted by Gasteiger charge is -2.46. The number of benzene rings is 9. The SMILES string of the molecule is CC1(C)CCC(C)(C)c2c(C#N)c(N3c4ccc(-c5ccccc5)cc4Oc4cc5oc6ccccc6c5cc43)c(N3c4ccc(-c5ccccc5)cc4Oc4cc5oc6ccccc6c5cc43)c(C#N)c21. The van der Waals surface area contributed by atoms with E-state index in [9.17, 15) is 10.5 Å². The summed E-state index contributed by atoms with van der Waals surface area (Å²) in [6.07, 6.45) is 1.64. The van der Waals surface area contributed by atoms with Gasteiger partial charge in [-0.1, -0.05) is 137 Å². The molecule has 8 heteroatoms. The summed E-state index contributed by atoms with van der Waals surface area (Å²) in [5, 5.41) is 28.1. The highest BCUT2D eigenvalue weighted by Gasteiger charge is 2.47. The molecule has 4 heterocycles. The zero-order valence-corrected chi connectivity index (χ0v) is 40.0. The summed E-state index contributed by atoms with van der Waals surface area (Å²) >= 11 is 0. The summed E-state index contributed by atoms with van der Waals surface area (Å²) in [6.45, 7) is 8.86. The standard InChI is InChI=1S/C64H44N4O4/c1-63(2)27-28-64(3,4)60-46(36-66)62(68-48-26-24-40(38-17-9-6-10-18-38)30-56(48)72-58-34-54-44(32-50(58)68)42-20-12-14-22-52(42)70-54)61(45(35-65)59(60)63)67-47-25-23-39(37-15-7-5-8-16-37)29-55(47)71-57-33-53-43(31-49(57)67)41-19-11-13-21-51(41)69-53/h5-26,29-34H,27-28H2,1-4H3. The lowest BCUT2D eigenvalue weighted by atomic mass is 9.60. The van der Waals surface area contributed by atoms with Gasteiger partial charge in [0.05, 0.1) is 45.3 Å². The number of fused-ring (bicyclic) bond motifs is 11. The summed E-state index contributed by atoms with van der Waals surface area (Å²) in [6, 6.07) is 62.9. The Labute approximate surface area is 415 Å². The Balaban J connectivity index is 1.15.